The molecule has 0 amide bonds. The van der Waals surface area contributed by atoms with Gasteiger partial charge in [0.05, 0.1) is 15.5 Å². The number of hydrogen-bond acceptors (Lipinski definition) is 7. The third-order valence-corrected chi connectivity index (χ3v) is 4.34. The van der Waals surface area contributed by atoms with Crippen molar-refractivity contribution in [3.63, 3.8) is 0 Å². The second-order valence-corrected chi connectivity index (χ2v) is 6.41. The van der Waals surface area contributed by atoms with E-state index in [2.05, 4.69) is 0 Å². The average Bonchev–Trinajstić information content (AvgIpc) is 2.24. The fraction of sp³-hybridized carbons (Fsp3) is 0. The Morgan fingerprint density at radius 2 is 1.43 bits per heavy atom. The first-order chi connectivity index (χ1) is 8.62. The van der Waals surface area contributed by atoms with Crippen LogP contribution in [-0.4, -0.2) is 25.9 Å². The van der Waals surface area contributed by atoms with E-state index in [1.807, 2.05) is 0 Å². The van der Waals surface area contributed by atoms with Gasteiger partial charge >= 0.3 is 59.1 Å². The number of anilines is 1. The van der Waals surface area contributed by atoms with Gasteiger partial charge < -0.3 is 14.8 Å². The molecule has 2 N–H and O–H groups in total. The fourth-order valence-electron chi connectivity index (χ4n) is 1.78. The van der Waals surface area contributed by atoms with Crippen LogP contribution in [0.3, 0.4) is 0 Å². The van der Waals surface area contributed by atoms with Crippen molar-refractivity contribution in [2.45, 2.75) is 9.79 Å². The first-order valence-corrected chi connectivity index (χ1v) is 7.67. The summed E-state index contributed by atoms with van der Waals surface area (Å²) in [6.07, 6.45) is 0. The number of hydrogen-bond donors (Lipinski definition) is 1. The Morgan fingerprint density at radius 3 is 1.90 bits per heavy atom. The minimum atomic E-state index is -5.02. The van der Waals surface area contributed by atoms with Gasteiger partial charge in [-0.15, -0.1) is 0 Å². The predicted octanol–water partition coefficient (Wildman–Crippen LogP) is -5.76. The van der Waals surface area contributed by atoms with Crippen LogP contribution < -0.4 is 64.8 Å². The second-order valence-electron chi connectivity index (χ2n) is 3.75. The summed E-state index contributed by atoms with van der Waals surface area (Å²) < 4.78 is 66.8. The van der Waals surface area contributed by atoms with Gasteiger partial charge in [-0.1, -0.05) is 24.3 Å². The fourth-order valence-corrected chi connectivity index (χ4v) is 3.32. The first-order valence-electron chi connectivity index (χ1n) is 4.85. The molecule has 0 radical (unpaired) electrons. The molecule has 11 heteroatoms. The molecule has 2 aromatic carbocycles. The predicted molar refractivity (Wildman–Crippen MR) is 64.3 cm³/mol. The van der Waals surface area contributed by atoms with Crippen molar-refractivity contribution in [2.75, 3.05) is 5.73 Å². The molecular weight excluding hydrogens is 340 g/mol. The van der Waals surface area contributed by atoms with Crippen LogP contribution in [0.5, 0.6) is 0 Å². The third kappa shape index (κ3) is 4.41. The summed E-state index contributed by atoms with van der Waals surface area (Å²) in [7, 11) is -10.0. The van der Waals surface area contributed by atoms with Gasteiger partial charge in [-0.2, -0.15) is 0 Å². The SMILES string of the molecule is Nc1c(S(=O)(=O)[O-])cc2ccccc2c1S(=O)(=O)[O-].[Na+].[Na+]. The Bertz CT molecular complexity index is 880. The van der Waals surface area contributed by atoms with E-state index in [1.54, 1.807) is 0 Å². The Kier molecular flexibility index (Phi) is 7.37. The topological polar surface area (TPSA) is 140 Å². The number of benzene rings is 2. The summed E-state index contributed by atoms with van der Waals surface area (Å²) in [4.78, 5) is -1.80. The normalized spacial score (nSPS) is 11.5. The maximum Gasteiger partial charge on any atom is 1.00 e. The van der Waals surface area contributed by atoms with E-state index in [1.165, 1.54) is 24.3 Å². The van der Waals surface area contributed by atoms with Crippen LogP contribution in [0.4, 0.5) is 5.69 Å². The minimum Gasteiger partial charge on any atom is -0.744 e. The number of rotatable bonds is 2. The zero-order valence-electron chi connectivity index (χ0n) is 11.2. The van der Waals surface area contributed by atoms with E-state index in [0.29, 0.717) is 0 Å². The number of fused-ring (bicyclic) bond motifs is 1. The van der Waals surface area contributed by atoms with Crippen LogP contribution >= 0.6 is 0 Å². The Morgan fingerprint density at radius 1 is 0.905 bits per heavy atom. The first kappa shape index (κ1) is 21.3. The molecular formula is C10H7NNa2O6S2. The Labute approximate surface area is 166 Å². The van der Waals surface area contributed by atoms with Crippen molar-refractivity contribution in [3.05, 3.63) is 30.3 Å². The van der Waals surface area contributed by atoms with E-state index < -0.39 is 35.7 Å². The number of nitrogen functional groups attached to an aromatic ring is 1. The number of nitrogens with two attached hydrogens (primary N) is 1. The molecule has 0 saturated heterocycles. The zero-order valence-corrected chi connectivity index (χ0v) is 16.9. The van der Waals surface area contributed by atoms with Crippen LogP contribution in [0.1, 0.15) is 0 Å². The Hall–Kier alpha value is 0.320. The van der Waals surface area contributed by atoms with Crippen molar-refractivity contribution in [3.8, 4) is 0 Å². The molecule has 7 nitrogen and oxygen atoms in total. The van der Waals surface area contributed by atoms with Crippen molar-refractivity contribution in [1.82, 2.24) is 0 Å². The maximum absolute atomic E-state index is 11.2. The Balaban J connectivity index is 0.00000200. The molecule has 2 aromatic rings. The summed E-state index contributed by atoms with van der Waals surface area (Å²) in [6.45, 7) is 0. The quantitative estimate of drug-likeness (QED) is 0.324. The molecule has 0 atom stereocenters. The van der Waals surface area contributed by atoms with Crippen molar-refractivity contribution in [1.29, 1.82) is 0 Å². The van der Waals surface area contributed by atoms with E-state index in [9.17, 15) is 25.9 Å². The van der Waals surface area contributed by atoms with Crippen molar-refractivity contribution >= 4 is 36.7 Å². The van der Waals surface area contributed by atoms with Gasteiger partial charge in [-0.3, -0.25) is 0 Å². The molecule has 0 aromatic heterocycles. The van der Waals surface area contributed by atoms with Gasteiger partial charge in [-0.05, 0) is 11.5 Å². The van der Waals surface area contributed by atoms with Gasteiger partial charge in [0.2, 0.25) is 0 Å². The van der Waals surface area contributed by atoms with Gasteiger partial charge in [0.15, 0.2) is 0 Å². The summed E-state index contributed by atoms with van der Waals surface area (Å²) in [5.41, 5.74) is 4.52. The summed E-state index contributed by atoms with van der Waals surface area (Å²) >= 11 is 0. The zero-order chi connectivity index (χ0) is 14.4. The standard InChI is InChI=1S/C10H9NO6S2.2Na/c11-9-8(18(12,13)14)5-6-3-1-2-4-7(6)10(9)19(15,16)17;;/h1-5H,11H2,(H,12,13,14)(H,15,16,17);;/q;2*+1/p-2. The van der Waals surface area contributed by atoms with Crippen molar-refractivity contribution in [2.24, 2.45) is 0 Å². The van der Waals surface area contributed by atoms with Crippen LogP contribution in [0.25, 0.3) is 10.8 Å². The van der Waals surface area contributed by atoms with Gasteiger partial charge in [-0.25, -0.2) is 16.8 Å². The summed E-state index contributed by atoms with van der Waals surface area (Å²) in [6, 6.07) is 6.58. The summed E-state index contributed by atoms with van der Waals surface area (Å²) in [5.74, 6) is 0. The van der Waals surface area contributed by atoms with E-state index in [0.717, 1.165) is 6.07 Å². The molecule has 0 spiro atoms. The van der Waals surface area contributed by atoms with Crippen LogP contribution in [0.15, 0.2) is 40.1 Å². The van der Waals surface area contributed by atoms with E-state index in [4.69, 9.17) is 5.73 Å². The molecule has 0 aliphatic heterocycles. The molecule has 0 aliphatic carbocycles. The molecule has 0 saturated carbocycles. The third-order valence-electron chi connectivity index (χ3n) is 2.52. The van der Waals surface area contributed by atoms with Gasteiger partial charge in [0.1, 0.15) is 20.2 Å². The minimum absolute atomic E-state index is 0. The second kappa shape index (κ2) is 7.26. The van der Waals surface area contributed by atoms with Crippen LogP contribution in [0, 0.1) is 0 Å². The molecule has 0 unspecified atom stereocenters. The monoisotopic (exact) mass is 347 g/mol. The van der Waals surface area contributed by atoms with E-state index >= 15 is 0 Å². The van der Waals surface area contributed by atoms with Crippen LogP contribution in [-0.2, 0) is 20.2 Å². The molecule has 0 bridgehead atoms. The van der Waals surface area contributed by atoms with Gasteiger partial charge in [0.25, 0.3) is 0 Å². The molecule has 0 fully saturated rings. The van der Waals surface area contributed by atoms with Gasteiger partial charge in [0, 0.05) is 5.39 Å². The summed E-state index contributed by atoms with van der Waals surface area (Å²) in [5, 5.41) is 0.1000. The molecule has 102 valence electrons. The maximum atomic E-state index is 11.2. The molecule has 21 heavy (non-hydrogen) atoms. The van der Waals surface area contributed by atoms with E-state index in [-0.39, 0.29) is 69.9 Å². The smallest absolute Gasteiger partial charge is 0.744 e. The van der Waals surface area contributed by atoms with Crippen molar-refractivity contribution < 1.29 is 85.1 Å². The largest absolute Gasteiger partial charge is 1.00 e. The average molecular weight is 347 g/mol. The van der Waals surface area contributed by atoms with Crippen LogP contribution in [0.2, 0.25) is 0 Å². The molecule has 0 aliphatic rings. The molecule has 0 heterocycles. The molecule has 2 rings (SSSR count).